The van der Waals surface area contributed by atoms with Gasteiger partial charge in [-0.05, 0) is 67.3 Å². The lowest BCUT2D eigenvalue weighted by Gasteiger charge is -2.38. The normalized spacial score (nSPS) is 15.6. The summed E-state index contributed by atoms with van der Waals surface area (Å²) < 4.78 is 0. The summed E-state index contributed by atoms with van der Waals surface area (Å²) in [6, 6.07) is 20.4. The van der Waals surface area contributed by atoms with Gasteiger partial charge in [0.05, 0.1) is 6.10 Å². The van der Waals surface area contributed by atoms with Crippen LogP contribution in [-0.4, -0.2) is 88.4 Å². The third-order valence-corrected chi connectivity index (χ3v) is 9.24. The Hall–Kier alpha value is -3.79. The summed E-state index contributed by atoms with van der Waals surface area (Å²) in [6.07, 6.45) is 4.99. The number of hydrogen-bond donors (Lipinski definition) is 2. The summed E-state index contributed by atoms with van der Waals surface area (Å²) in [5.41, 5.74) is 8.69. The third-order valence-electron chi connectivity index (χ3n) is 8.35. The van der Waals surface area contributed by atoms with E-state index in [0.29, 0.717) is 38.8 Å². The first-order chi connectivity index (χ1) is 21.4. The largest absolute Gasteiger partial charge is 0.393 e. The second-order valence-corrected chi connectivity index (χ2v) is 13.7. The highest BCUT2D eigenvalue weighted by Crippen LogP contribution is 2.23. The molecule has 45 heavy (non-hydrogen) atoms. The number of nitrogens with zero attached hydrogens (tertiary/aromatic N) is 3. The minimum absolute atomic E-state index is 0.142. The molecule has 4 rings (SSSR count). The Morgan fingerprint density at radius 1 is 0.933 bits per heavy atom. The number of likely N-dealkylation sites (tertiary alicyclic amines) is 1. The maximum Gasteiger partial charge on any atom is 0.246 e. The van der Waals surface area contributed by atoms with Gasteiger partial charge < -0.3 is 25.5 Å². The van der Waals surface area contributed by atoms with Gasteiger partial charge in [-0.15, -0.1) is 11.3 Å². The van der Waals surface area contributed by atoms with Crippen molar-refractivity contribution in [2.24, 2.45) is 5.73 Å². The number of nitrogens with two attached hydrogens (primary N) is 1. The predicted molar refractivity (Wildman–Crippen MR) is 181 cm³/mol. The first kappa shape index (κ1) is 34.1. The van der Waals surface area contributed by atoms with Crippen LogP contribution in [0.15, 0.2) is 84.3 Å². The number of carbonyl (C=O) groups is 3. The van der Waals surface area contributed by atoms with Gasteiger partial charge in [-0.3, -0.25) is 14.4 Å². The van der Waals surface area contributed by atoms with E-state index >= 15 is 0 Å². The van der Waals surface area contributed by atoms with E-state index in [9.17, 15) is 19.5 Å². The van der Waals surface area contributed by atoms with Gasteiger partial charge in [0.15, 0.2) is 0 Å². The number of aliphatic hydroxyl groups excluding tert-OH is 1. The van der Waals surface area contributed by atoms with Crippen LogP contribution in [-0.2, 0) is 27.2 Å². The molecule has 0 aliphatic carbocycles. The van der Waals surface area contributed by atoms with Crippen LogP contribution in [0.25, 0.3) is 11.1 Å². The van der Waals surface area contributed by atoms with E-state index in [1.807, 2.05) is 86.0 Å². The molecule has 1 saturated heterocycles. The van der Waals surface area contributed by atoms with E-state index in [4.69, 9.17) is 5.73 Å². The number of aliphatic hydroxyl groups is 1. The van der Waals surface area contributed by atoms with Gasteiger partial charge in [-0.2, -0.15) is 0 Å². The fourth-order valence-corrected chi connectivity index (χ4v) is 6.25. The molecule has 2 aromatic carbocycles. The van der Waals surface area contributed by atoms with Gasteiger partial charge in [-0.1, -0.05) is 66.7 Å². The van der Waals surface area contributed by atoms with Crippen LogP contribution in [0.4, 0.5) is 0 Å². The highest BCUT2D eigenvalue weighted by molar-refractivity contribution is 7.09. The quantitative estimate of drug-likeness (QED) is 0.286. The number of likely N-dealkylation sites (N-methyl/N-ethyl adjacent to an activating group) is 2. The van der Waals surface area contributed by atoms with Crippen molar-refractivity contribution in [3.63, 3.8) is 0 Å². The molecule has 0 bridgehead atoms. The average Bonchev–Trinajstić information content (AvgIpc) is 3.55. The lowest BCUT2D eigenvalue weighted by atomic mass is 9.98. The molecule has 0 unspecified atom stereocenters. The van der Waals surface area contributed by atoms with E-state index in [2.05, 4.69) is 0 Å². The van der Waals surface area contributed by atoms with Crippen molar-refractivity contribution >= 4 is 29.1 Å². The fraction of sp³-hybridized carbons (Fsp3) is 0.417. The first-order valence-corrected chi connectivity index (χ1v) is 16.4. The summed E-state index contributed by atoms with van der Waals surface area (Å²) in [5, 5.41) is 12.0. The second kappa shape index (κ2) is 15.5. The predicted octanol–water partition coefficient (Wildman–Crippen LogP) is 4.52. The van der Waals surface area contributed by atoms with E-state index in [1.54, 1.807) is 36.4 Å². The summed E-state index contributed by atoms with van der Waals surface area (Å²) in [6.45, 7) is 4.67. The van der Waals surface area contributed by atoms with Crippen LogP contribution in [0.1, 0.15) is 43.6 Å². The zero-order chi connectivity index (χ0) is 32.6. The van der Waals surface area contributed by atoms with Crippen molar-refractivity contribution < 1.29 is 19.5 Å². The van der Waals surface area contributed by atoms with Crippen molar-refractivity contribution in [3.8, 4) is 11.1 Å². The number of carbonyl (C=O) groups excluding carboxylic acids is 3. The van der Waals surface area contributed by atoms with Crippen LogP contribution in [0.5, 0.6) is 0 Å². The Bertz CT molecular complexity index is 1430. The molecule has 2 heterocycles. The minimum atomic E-state index is -0.845. The molecule has 9 heteroatoms. The van der Waals surface area contributed by atoms with Crippen molar-refractivity contribution in [2.45, 2.75) is 69.7 Å². The summed E-state index contributed by atoms with van der Waals surface area (Å²) in [5.74, 6) is -0.758. The highest BCUT2D eigenvalue weighted by Gasteiger charge is 2.37. The SMILES string of the molecule is CN(C(=O)/C=C/CC(C)(C)N)[C@H](Cc1ccc(-c2ccccc2)cc1)C(=O)N(C)[C@H](Cc1cccs1)C(=O)N1CCC(O)CC1. The number of benzene rings is 2. The number of amides is 3. The molecule has 3 aromatic rings. The second-order valence-electron chi connectivity index (χ2n) is 12.6. The zero-order valence-electron chi connectivity index (χ0n) is 26.8. The number of hydrogen-bond acceptors (Lipinski definition) is 6. The van der Waals surface area contributed by atoms with Gasteiger partial charge >= 0.3 is 0 Å². The smallest absolute Gasteiger partial charge is 0.246 e. The molecule has 2 atom stereocenters. The molecule has 8 nitrogen and oxygen atoms in total. The Labute approximate surface area is 271 Å². The molecule has 1 aromatic heterocycles. The monoisotopic (exact) mass is 630 g/mol. The van der Waals surface area contributed by atoms with Crippen molar-refractivity contribution in [3.05, 3.63) is 94.7 Å². The van der Waals surface area contributed by atoms with Crippen molar-refractivity contribution in [1.82, 2.24) is 14.7 Å². The molecular formula is C36H46N4O4S. The van der Waals surface area contributed by atoms with E-state index in [0.717, 1.165) is 21.6 Å². The lowest BCUT2D eigenvalue weighted by Crippen LogP contribution is -2.57. The van der Waals surface area contributed by atoms with Crippen LogP contribution in [0.2, 0.25) is 0 Å². The maximum atomic E-state index is 14.4. The van der Waals surface area contributed by atoms with Crippen molar-refractivity contribution in [1.29, 1.82) is 0 Å². The van der Waals surface area contributed by atoms with Gasteiger partial charge in [0.25, 0.3) is 0 Å². The van der Waals surface area contributed by atoms with Gasteiger partial charge in [0.1, 0.15) is 12.1 Å². The van der Waals surface area contributed by atoms with E-state index in [-0.39, 0.29) is 24.1 Å². The minimum Gasteiger partial charge on any atom is -0.393 e. The lowest BCUT2D eigenvalue weighted by molar-refractivity contribution is -0.150. The summed E-state index contributed by atoms with van der Waals surface area (Å²) in [7, 11) is 3.30. The Balaban J connectivity index is 1.61. The number of rotatable bonds is 12. The summed E-state index contributed by atoms with van der Waals surface area (Å²) in [4.78, 5) is 47.5. The van der Waals surface area contributed by atoms with Gasteiger partial charge in [0.2, 0.25) is 17.7 Å². The van der Waals surface area contributed by atoms with Crippen molar-refractivity contribution in [2.75, 3.05) is 27.2 Å². The molecular weight excluding hydrogens is 584 g/mol. The first-order valence-electron chi connectivity index (χ1n) is 15.6. The van der Waals surface area contributed by atoms with E-state index < -0.39 is 23.7 Å². The molecule has 1 aliphatic heterocycles. The number of thiophene rings is 1. The third kappa shape index (κ3) is 9.60. The number of piperidine rings is 1. The Morgan fingerprint density at radius 3 is 2.18 bits per heavy atom. The Morgan fingerprint density at radius 2 is 1.58 bits per heavy atom. The molecule has 0 saturated carbocycles. The zero-order valence-corrected chi connectivity index (χ0v) is 27.6. The summed E-state index contributed by atoms with van der Waals surface area (Å²) >= 11 is 1.54. The van der Waals surface area contributed by atoms with Crippen LogP contribution in [0, 0.1) is 0 Å². The molecule has 1 fully saturated rings. The van der Waals surface area contributed by atoms with Gasteiger partial charge in [0, 0.05) is 50.4 Å². The highest BCUT2D eigenvalue weighted by atomic mass is 32.1. The molecule has 0 spiro atoms. The van der Waals surface area contributed by atoms with Gasteiger partial charge in [-0.25, -0.2) is 0 Å². The van der Waals surface area contributed by atoms with Crippen LogP contribution in [0.3, 0.4) is 0 Å². The van der Waals surface area contributed by atoms with Crippen LogP contribution >= 0.6 is 11.3 Å². The molecule has 1 aliphatic rings. The molecule has 3 N–H and O–H groups in total. The van der Waals surface area contributed by atoms with Crippen LogP contribution < -0.4 is 5.73 Å². The Kier molecular flexibility index (Phi) is 11.7. The molecule has 240 valence electrons. The standard InChI is InChI=1S/C36H46N4O4S/c1-36(2,37)20-8-13-33(42)38(3)31(24-26-14-16-28(17-15-26)27-10-6-5-7-11-27)34(43)39(4)32(25-30-12-9-23-45-30)35(44)40-21-18-29(41)19-22-40/h5-17,23,29,31-32,41H,18-22,24-25,37H2,1-4H3/b13-8+/t31-,32-/m1/s1. The van der Waals surface area contributed by atoms with E-state index in [1.165, 1.54) is 15.9 Å². The molecule has 3 amide bonds. The average molecular weight is 631 g/mol. The maximum absolute atomic E-state index is 14.4. The molecule has 0 radical (unpaired) electrons. The topological polar surface area (TPSA) is 107 Å². The fourth-order valence-electron chi connectivity index (χ4n) is 5.51.